The predicted octanol–water partition coefficient (Wildman–Crippen LogP) is 2.59. The highest BCUT2D eigenvalue weighted by Crippen LogP contribution is 2.42. The van der Waals surface area contributed by atoms with Crippen molar-refractivity contribution in [2.75, 3.05) is 0 Å². The van der Waals surface area contributed by atoms with Gasteiger partial charge in [0.25, 0.3) is 5.56 Å². The van der Waals surface area contributed by atoms with Crippen LogP contribution in [0, 0.1) is 11.3 Å². The maximum atomic E-state index is 12.4. The van der Waals surface area contributed by atoms with Crippen molar-refractivity contribution in [1.29, 1.82) is 5.26 Å². The van der Waals surface area contributed by atoms with Crippen LogP contribution in [0.2, 0.25) is 0 Å². The monoisotopic (exact) mass is 345 g/mol. The molecule has 0 unspecified atom stereocenters. The van der Waals surface area contributed by atoms with Crippen molar-refractivity contribution in [2.24, 2.45) is 0 Å². The second-order valence-electron chi connectivity index (χ2n) is 6.19. The summed E-state index contributed by atoms with van der Waals surface area (Å²) in [6.07, 6.45) is 0.264. The van der Waals surface area contributed by atoms with Crippen LogP contribution >= 0.6 is 0 Å². The fourth-order valence-corrected chi connectivity index (χ4v) is 3.37. The van der Waals surface area contributed by atoms with Crippen molar-refractivity contribution >= 4 is 0 Å². The molecule has 128 valence electrons. The summed E-state index contributed by atoms with van der Waals surface area (Å²) in [6.45, 7) is 0. The highest BCUT2D eigenvalue weighted by atomic mass is 16.5. The minimum atomic E-state index is -0.596. The van der Waals surface area contributed by atoms with Crippen molar-refractivity contribution in [3.8, 4) is 11.9 Å². The zero-order valence-electron chi connectivity index (χ0n) is 13.7. The van der Waals surface area contributed by atoms with Gasteiger partial charge in [-0.3, -0.25) is 14.8 Å². The van der Waals surface area contributed by atoms with Crippen LogP contribution in [-0.2, 0) is 0 Å². The molecular formula is C20H15N3O3. The van der Waals surface area contributed by atoms with Crippen LogP contribution in [0.15, 0.2) is 64.2 Å². The molecule has 4 rings (SSSR count). The number of nitrogens with zero attached hydrogens (tertiary/aromatic N) is 1. The summed E-state index contributed by atoms with van der Waals surface area (Å²) in [5.74, 6) is -0.0505. The number of aromatic nitrogens is 2. The molecule has 0 fully saturated rings. The number of hydrogen-bond acceptors (Lipinski definition) is 4. The van der Waals surface area contributed by atoms with E-state index < -0.39 is 11.2 Å². The first kappa shape index (κ1) is 15.9. The second-order valence-corrected chi connectivity index (χ2v) is 6.19. The van der Waals surface area contributed by atoms with Gasteiger partial charge in [0.2, 0.25) is 5.88 Å². The predicted molar refractivity (Wildman–Crippen MR) is 95.1 cm³/mol. The molecule has 0 amide bonds. The van der Waals surface area contributed by atoms with Gasteiger partial charge in [0.05, 0.1) is 17.2 Å². The summed E-state index contributed by atoms with van der Waals surface area (Å²) in [5.41, 5.74) is 1.77. The highest BCUT2D eigenvalue weighted by Gasteiger charge is 2.33. The minimum Gasteiger partial charge on any atom is -0.470 e. The smallest absolute Gasteiger partial charge is 0.328 e. The van der Waals surface area contributed by atoms with E-state index in [0.717, 1.165) is 11.1 Å². The lowest BCUT2D eigenvalue weighted by molar-refractivity contribution is 0.157. The Morgan fingerprint density at radius 3 is 2.38 bits per heavy atom. The van der Waals surface area contributed by atoms with Gasteiger partial charge in [0.15, 0.2) is 0 Å². The Labute approximate surface area is 148 Å². The van der Waals surface area contributed by atoms with Gasteiger partial charge in [-0.25, -0.2) is 4.79 Å². The Morgan fingerprint density at radius 2 is 1.69 bits per heavy atom. The van der Waals surface area contributed by atoms with Gasteiger partial charge in [0, 0.05) is 5.92 Å². The fraction of sp³-hybridized carbons (Fsp3) is 0.150. The maximum absolute atomic E-state index is 12.4. The van der Waals surface area contributed by atoms with E-state index in [0.29, 0.717) is 17.5 Å². The Bertz CT molecular complexity index is 1090. The molecule has 2 N–H and O–H groups in total. The molecule has 6 heteroatoms. The van der Waals surface area contributed by atoms with Crippen molar-refractivity contribution in [3.05, 3.63) is 97.7 Å². The normalized spacial score (nSPS) is 18.4. The van der Waals surface area contributed by atoms with Crippen molar-refractivity contribution < 1.29 is 4.74 Å². The maximum Gasteiger partial charge on any atom is 0.328 e. The standard InChI is InChI=1S/C20H15N3O3/c21-11-12-6-8-13(9-7-12)15-10-16(14-4-2-1-3-5-14)26-19-17(15)18(24)22-20(25)23-19/h1-9,15-16H,10H2,(H2,22,23,24,25)/t15-,16-/m1/s1. The average molecular weight is 345 g/mol. The third-order valence-corrected chi connectivity index (χ3v) is 4.62. The molecule has 1 aliphatic rings. The molecule has 2 heterocycles. The molecule has 2 atom stereocenters. The number of benzene rings is 2. The lowest BCUT2D eigenvalue weighted by Gasteiger charge is -2.31. The van der Waals surface area contributed by atoms with Crippen LogP contribution in [0.1, 0.15) is 40.7 Å². The lowest BCUT2D eigenvalue weighted by atomic mass is 9.84. The fourth-order valence-electron chi connectivity index (χ4n) is 3.37. The van der Waals surface area contributed by atoms with E-state index in [2.05, 4.69) is 16.0 Å². The van der Waals surface area contributed by atoms with E-state index in [1.165, 1.54) is 0 Å². The number of nitrogens with one attached hydrogen (secondary N) is 2. The quantitative estimate of drug-likeness (QED) is 0.746. The summed E-state index contributed by atoms with van der Waals surface area (Å²) >= 11 is 0. The summed E-state index contributed by atoms with van der Waals surface area (Å²) < 4.78 is 5.95. The van der Waals surface area contributed by atoms with Gasteiger partial charge in [-0.1, -0.05) is 42.5 Å². The Morgan fingerprint density at radius 1 is 0.962 bits per heavy atom. The van der Waals surface area contributed by atoms with E-state index >= 15 is 0 Å². The van der Waals surface area contributed by atoms with Gasteiger partial charge in [-0.2, -0.15) is 5.26 Å². The third kappa shape index (κ3) is 2.80. The molecule has 3 aromatic rings. The van der Waals surface area contributed by atoms with Crippen LogP contribution in [0.25, 0.3) is 0 Å². The molecule has 0 aliphatic carbocycles. The van der Waals surface area contributed by atoms with Gasteiger partial charge in [-0.15, -0.1) is 0 Å². The highest BCUT2D eigenvalue weighted by molar-refractivity contribution is 5.42. The molecular weight excluding hydrogens is 330 g/mol. The zero-order valence-corrected chi connectivity index (χ0v) is 13.7. The molecule has 0 spiro atoms. The molecule has 0 radical (unpaired) electrons. The van der Waals surface area contributed by atoms with Gasteiger partial charge < -0.3 is 4.74 Å². The molecule has 0 saturated heterocycles. The van der Waals surface area contributed by atoms with E-state index in [1.54, 1.807) is 12.1 Å². The molecule has 26 heavy (non-hydrogen) atoms. The number of hydrogen-bond donors (Lipinski definition) is 2. The van der Waals surface area contributed by atoms with Crippen LogP contribution in [0.3, 0.4) is 0 Å². The van der Waals surface area contributed by atoms with E-state index in [4.69, 9.17) is 10.00 Å². The lowest BCUT2D eigenvalue weighted by Crippen LogP contribution is -2.33. The Kier molecular flexibility index (Phi) is 3.90. The number of fused-ring (bicyclic) bond motifs is 1. The van der Waals surface area contributed by atoms with E-state index in [9.17, 15) is 9.59 Å². The molecule has 1 aliphatic heterocycles. The van der Waals surface area contributed by atoms with Gasteiger partial charge >= 0.3 is 5.69 Å². The van der Waals surface area contributed by atoms with Crippen molar-refractivity contribution in [2.45, 2.75) is 18.4 Å². The molecule has 1 aromatic heterocycles. The third-order valence-electron chi connectivity index (χ3n) is 4.62. The largest absolute Gasteiger partial charge is 0.470 e. The summed E-state index contributed by atoms with van der Waals surface area (Å²) in [5, 5.41) is 9.00. The van der Waals surface area contributed by atoms with Crippen LogP contribution in [-0.4, -0.2) is 9.97 Å². The van der Waals surface area contributed by atoms with E-state index in [1.807, 2.05) is 42.5 Å². The number of nitriles is 1. The van der Waals surface area contributed by atoms with Gasteiger partial charge in [-0.05, 0) is 29.7 Å². The van der Waals surface area contributed by atoms with Crippen LogP contribution in [0.4, 0.5) is 0 Å². The zero-order chi connectivity index (χ0) is 18.1. The summed E-state index contributed by atoms with van der Waals surface area (Å²) in [4.78, 5) is 29.0. The summed E-state index contributed by atoms with van der Waals surface area (Å²) in [7, 11) is 0. The first-order valence-electron chi connectivity index (χ1n) is 8.24. The van der Waals surface area contributed by atoms with E-state index in [-0.39, 0.29) is 17.9 Å². The Hall–Kier alpha value is -3.59. The van der Waals surface area contributed by atoms with Crippen molar-refractivity contribution in [1.82, 2.24) is 9.97 Å². The summed E-state index contributed by atoms with van der Waals surface area (Å²) in [6, 6.07) is 18.9. The SMILES string of the molecule is N#Cc1ccc([C@H]2C[C@H](c3ccccc3)Oc3[nH]c(=O)[nH]c(=O)c32)cc1. The number of H-pyrrole nitrogens is 2. The number of aromatic amines is 2. The van der Waals surface area contributed by atoms with Crippen molar-refractivity contribution in [3.63, 3.8) is 0 Å². The van der Waals surface area contributed by atoms with Gasteiger partial charge in [0.1, 0.15) is 6.10 Å². The average Bonchev–Trinajstić information content (AvgIpc) is 2.67. The number of ether oxygens (including phenoxy) is 1. The first-order chi connectivity index (χ1) is 12.7. The second kappa shape index (κ2) is 6.37. The first-order valence-corrected chi connectivity index (χ1v) is 8.24. The Balaban J connectivity index is 1.85. The minimum absolute atomic E-state index is 0.202. The van der Waals surface area contributed by atoms with Crippen LogP contribution in [0.5, 0.6) is 5.88 Å². The molecule has 0 saturated carbocycles. The molecule has 2 aromatic carbocycles. The molecule has 6 nitrogen and oxygen atoms in total. The van der Waals surface area contributed by atoms with Crippen LogP contribution < -0.4 is 16.0 Å². The molecule has 0 bridgehead atoms. The number of rotatable bonds is 2. The topological polar surface area (TPSA) is 98.7 Å².